The van der Waals surface area contributed by atoms with Gasteiger partial charge in [-0.2, -0.15) is 0 Å². The second-order valence-corrected chi connectivity index (χ2v) is 8.02. The number of anilines is 3. The van der Waals surface area contributed by atoms with Crippen LogP contribution >= 0.6 is 15.9 Å². The zero-order chi connectivity index (χ0) is 20.3. The molecule has 5 aromatic rings. The molecule has 0 aliphatic carbocycles. The first kappa shape index (κ1) is 18.7. The van der Waals surface area contributed by atoms with Crippen molar-refractivity contribution in [2.75, 3.05) is 4.90 Å². The summed E-state index contributed by atoms with van der Waals surface area (Å²) in [5.74, 6) is 0. The number of benzene rings is 5. The zero-order valence-electron chi connectivity index (χ0n) is 16.4. The van der Waals surface area contributed by atoms with Gasteiger partial charge >= 0.3 is 0 Å². The van der Waals surface area contributed by atoms with Crippen molar-refractivity contribution in [2.45, 2.75) is 0 Å². The average molecular weight is 450 g/mol. The first-order valence-corrected chi connectivity index (χ1v) is 10.8. The summed E-state index contributed by atoms with van der Waals surface area (Å²) in [5.41, 5.74) is 5.80. The van der Waals surface area contributed by atoms with E-state index in [1.54, 1.807) is 0 Å². The Bertz CT molecular complexity index is 1310. The Morgan fingerprint density at radius 2 is 1.07 bits per heavy atom. The molecule has 5 aromatic carbocycles. The Morgan fingerprint density at radius 1 is 0.467 bits per heavy atom. The monoisotopic (exact) mass is 449 g/mol. The fourth-order valence-electron chi connectivity index (χ4n) is 3.96. The molecule has 0 aliphatic rings. The third-order valence-corrected chi connectivity index (χ3v) is 6.02. The molecule has 0 spiro atoms. The number of fused-ring (bicyclic) bond motifs is 1. The van der Waals surface area contributed by atoms with E-state index in [1.165, 1.54) is 27.6 Å². The molecule has 0 bridgehead atoms. The fraction of sp³-hybridized carbons (Fsp3) is 0. The lowest BCUT2D eigenvalue weighted by atomic mass is 10.0. The van der Waals surface area contributed by atoms with E-state index in [2.05, 4.69) is 142 Å². The third kappa shape index (κ3) is 3.40. The van der Waals surface area contributed by atoms with Crippen molar-refractivity contribution in [2.24, 2.45) is 0 Å². The highest BCUT2D eigenvalue weighted by Gasteiger charge is 2.19. The van der Waals surface area contributed by atoms with Crippen LogP contribution in [0.1, 0.15) is 0 Å². The van der Waals surface area contributed by atoms with E-state index in [0.717, 1.165) is 15.8 Å². The molecule has 5 rings (SSSR count). The summed E-state index contributed by atoms with van der Waals surface area (Å²) < 4.78 is 1.09. The summed E-state index contributed by atoms with van der Waals surface area (Å²) in [6, 6.07) is 42.6. The van der Waals surface area contributed by atoms with Crippen molar-refractivity contribution >= 4 is 43.8 Å². The number of rotatable bonds is 4. The summed E-state index contributed by atoms with van der Waals surface area (Å²) in [4.78, 5) is 2.36. The largest absolute Gasteiger partial charge is 0.309 e. The summed E-state index contributed by atoms with van der Waals surface area (Å²) in [6.45, 7) is 0. The van der Waals surface area contributed by atoms with E-state index in [9.17, 15) is 0 Å². The van der Waals surface area contributed by atoms with Gasteiger partial charge < -0.3 is 4.90 Å². The van der Waals surface area contributed by atoms with Crippen LogP contribution in [0.2, 0.25) is 0 Å². The second kappa shape index (κ2) is 8.17. The van der Waals surface area contributed by atoms with Crippen LogP contribution in [0.25, 0.3) is 21.9 Å². The van der Waals surface area contributed by atoms with Crippen molar-refractivity contribution in [3.05, 3.63) is 126 Å². The molecule has 1 nitrogen and oxygen atoms in total. The summed E-state index contributed by atoms with van der Waals surface area (Å²) in [7, 11) is 0. The van der Waals surface area contributed by atoms with Crippen molar-refractivity contribution in [3.8, 4) is 11.1 Å². The highest BCUT2D eigenvalue weighted by atomic mass is 79.9. The van der Waals surface area contributed by atoms with Crippen LogP contribution in [0.3, 0.4) is 0 Å². The van der Waals surface area contributed by atoms with Gasteiger partial charge in [-0.3, -0.25) is 0 Å². The van der Waals surface area contributed by atoms with Gasteiger partial charge in [0.2, 0.25) is 0 Å². The van der Waals surface area contributed by atoms with Crippen molar-refractivity contribution in [1.29, 1.82) is 0 Å². The molecule has 0 aliphatic heterocycles. The maximum atomic E-state index is 3.75. The van der Waals surface area contributed by atoms with Crippen LogP contribution in [0.5, 0.6) is 0 Å². The average Bonchev–Trinajstić information content (AvgIpc) is 2.81. The SMILES string of the molecule is Brc1ccccc1-c1ccccc1N(c1ccccc1)c1cccc2ccccc12. The first-order valence-electron chi connectivity index (χ1n) is 10.00. The van der Waals surface area contributed by atoms with Gasteiger partial charge in [0, 0.05) is 21.1 Å². The smallest absolute Gasteiger partial charge is 0.0540 e. The predicted octanol–water partition coefficient (Wildman–Crippen LogP) is 8.74. The van der Waals surface area contributed by atoms with E-state index in [1.807, 2.05) is 0 Å². The minimum Gasteiger partial charge on any atom is -0.309 e. The molecule has 0 amide bonds. The van der Waals surface area contributed by atoms with Crippen LogP contribution in [0, 0.1) is 0 Å². The molecule has 0 fully saturated rings. The Kier molecular flexibility index (Phi) is 5.08. The van der Waals surface area contributed by atoms with Crippen LogP contribution < -0.4 is 4.90 Å². The first-order chi connectivity index (χ1) is 14.8. The van der Waals surface area contributed by atoms with Gasteiger partial charge in [0.25, 0.3) is 0 Å². The zero-order valence-corrected chi connectivity index (χ0v) is 18.0. The summed E-state index contributed by atoms with van der Waals surface area (Å²) in [6.07, 6.45) is 0. The van der Waals surface area contributed by atoms with Crippen molar-refractivity contribution in [3.63, 3.8) is 0 Å². The minimum atomic E-state index is 1.09. The molecule has 0 heterocycles. The van der Waals surface area contributed by atoms with Gasteiger partial charge in [0.15, 0.2) is 0 Å². The number of halogens is 1. The lowest BCUT2D eigenvalue weighted by Gasteiger charge is -2.29. The normalized spacial score (nSPS) is 10.8. The van der Waals surface area contributed by atoms with E-state index >= 15 is 0 Å². The molecule has 0 saturated carbocycles. The lowest BCUT2D eigenvalue weighted by molar-refractivity contribution is 1.30. The van der Waals surface area contributed by atoms with Crippen molar-refractivity contribution in [1.82, 2.24) is 0 Å². The van der Waals surface area contributed by atoms with Gasteiger partial charge in [-0.1, -0.05) is 107 Å². The number of hydrogen-bond acceptors (Lipinski definition) is 1. The van der Waals surface area contributed by atoms with Crippen LogP contribution in [0.4, 0.5) is 17.1 Å². The molecule has 144 valence electrons. The van der Waals surface area contributed by atoms with Crippen LogP contribution in [0.15, 0.2) is 126 Å². The standard InChI is InChI=1S/C28H20BrN/c29-26-18-8-6-16-24(26)25-17-7-9-19-28(25)30(22-13-2-1-3-14-22)27-20-10-12-21-11-4-5-15-23(21)27/h1-20H. The fourth-order valence-corrected chi connectivity index (χ4v) is 4.46. The van der Waals surface area contributed by atoms with E-state index in [-0.39, 0.29) is 0 Å². The third-order valence-electron chi connectivity index (χ3n) is 5.33. The number of nitrogens with zero attached hydrogens (tertiary/aromatic N) is 1. The highest BCUT2D eigenvalue weighted by molar-refractivity contribution is 9.10. The molecule has 0 unspecified atom stereocenters. The van der Waals surface area contributed by atoms with Gasteiger partial charge in [-0.15, -0.1) is 0 Å². The minimum absolute atomic E-state index is 1.09. The van der Waals surface area contributed by atoms with Crippen LogP contribution in [-0.2, 0) is 0 Å². The highest BCUT2D eigenvalue weighted by Crippen LogP contribution is 2.44. The van der Waals surface area contributed by atoms with Gasteiger partial charge in [0.05, 0.1) is 11.4 Å². The topological polar surface area (TPSA) is 3.24 Å². The van der Waals surface area contributed by atoms with Crippen LogP contribution in [-0.4, -0.2) is 0 Å². The molecule has 0 N–H and O–H groups in total. The molecule has 0 aromatic heterocycles. The summed E-state index contributed by atoms with van der Waals surface area (Å²) >= 11 is 3.75. The maximum Gasteiger partial charge on any atom is 0.0540 e. The quantitative estimate of drug-likeness (QED) is 0.265. The van der Waals surface area contributed by atoms with E-state index in [0.29, 0.717) is 0 Å². The Balaban J connectivity index is 1.81. The molecule has 2 heteroatoms. The predicted molar refractivity (Wildman–Crippen MR) is 132 cm³/mol. The lowest BCUT2D eigenvalue weighted by Crippen LogP contribution is -2.11. The van der Waals surface area contributed by atoms with E-state index < -0.39 is 0 Å². The summed E-state index contributed by atoms with van der Waals surface area (Å²) in [5, 5.41) is 2.46. The second-order valence-electron chi connectivity index (χ2n) is 7.17. The molecular formula is C28H20BrN. The number of hydrogen-bond donors (Lipinski definition) is 0. The molecular weight excluding hydrogens is 430 g/mol. The van der Waals surface area contributed by atoms with Crippen molar-refractivity contribution < 1.29 is 0 Å². The Morgan fingerprint density at radius 3 is 1.90 bits per heavy atom. The molecule has 0 saturated heterocycles. The molecule has 30 heavy (non-hydrogen) atoms. The van der Waals surface area contributed by atoms with E-state index in [4.69, 9.17) is 0 Å². The Labute approximate surface area is 185 Å². The number of para-hydroxylation sites is 2. The Hall–Kier alpha value is -3.36. The van der Waals surface area contributed by atoms with Gasteiger partial charge in [-0.25, -0.2) is 0 Å². The molecule has 0 radical (unpaired) electrons. The van der Waals surface area contributed by atoms with Gasteiger partial charge in [0.1, 0.15) is 0 Å². The van der Waals surface area contributed by atoms with Gasteiger partial charge in [-0.05, 0) is 41.3 Å². The molecule has 0 atom stereocenters. The maximum absolute atomic E-state index is 3.75.